The zero-order valence-corrected chi connectivity index (χ0v) is 13.2. The van der Waals surface area contributed by atoms with Gasteiger partial charge in [-0.1, -0.05) is 58.0 Å². The summed E-state index contributed by atoms with van der Waals surface area (Å²) in [5.41, 5.74) is 0.539. The van der Waals surface area contributed by atoms with Crippen molar-refractivity contribution in [3.05, 3.63) is 41.7 Å². The van der Waals surface area contributed by atoms with E-state index in [0.29, 0.717) is 31.8 Å². The zero-order valence-electron chi connectivity index (χ0n) is 8.61. The van der Waals surface area contributed by atoms with Crippen LogP contribution in [0.3, 0.4) is 0 Å². The first kappa shape index (κ1) is 14.5. The molecule has 2 nitrogen and oxygen atoms in total. The number of nitrogens with zero attached hydrogens (tertiary/aromatic N) is 1. The number of benzene rings is 1. The van der Waals surface area contributed by atoms with Gasteiger partial charge in [0.2, 0.25) is 0 Å². The monoisotopic (exact) mass is 360 g/mol. The third kappa shape index (κ3) is 3.16. The highest BCUT2D eigenvalue weighted by Gasteiger charge is 2.13. The molecule has 0 unspecified atom stereocenters. The van der Waals surface area contributed by atoms with E-state index < -0.39 is 0 Å². The van der Waals surface area contributed by atoms with Crippen LogP contribution in [-0.4, -0.2) is 4.98 Å². The molecule has 0 radical (unpaired) electrons. The van der Waals surface area contributed by atoms with Gasteiger partial charge in [-0.3, -0.25) is 0 Å². The van der Waals surface area contributed by atoms with E-state index in [-0.39, 0.29) is 5.02 Å². The fraction of sp³-hybridized carbons (Fsp3) is 0.100. The van der Waals surface area contributed by atoms with Crippen molar-refractivity contribution >= 4 is 75.0 Å². The molecule has 0 saturated carbocycles. The van der Waals surface area contributed by atoms with Crippen LogP contribution in [0.5, 0.6) is 0 Å². The van der Waals surface area contributed by atoms with Gasteiger partial charge in [0.1, 0.15) is 0 Å². The van der Waals surface area contributed by atoms with Crippen LogP contribution in [0.1, 0.15) is 4.88 Å². The second-order valence-electron chi connectivity index (χ2n) is 3.28. The molecule has 0 fully saturated rings. The topological polar surface area (TPSA) is 24.9 Å². The number of hydrogen-bond donors (Lipinski definition) is 1. The third-order valence-corrected chi connectivity index (χ3v) is 4.75. The van der Waals surface area contributed by atoms with Crippen LogP contribution >= 0.6 is 69.3 Å². The SMILES string of the molecule is Clc1ncc(CNc2c(Cl)cc(Cl)c(Cl)c2Cl)s1. The van der Waals surface area contributed by atoms with Crippen molar-refractivity contribution in [3.63, 3.8) is 0 Å². The molecule has 1 aromatic carbocycles. The Hall–Kier alpha value is 0.1000. The molecule has 0 amide bonds. The standard InChI is InChI=1S/C10H5Cl5N2S/c11-5-1-6(12)9(8(14)7(5)13)16-2-4-3-17-10(15)18-4/h1,3,16H,2H2. The number of hydrogen-bond acceptors (Lipinski definition) is 3. The second-order valence-corrected chi connectivity index (χ2v) is 6.54. The average molecular weight is 362 g/mol. The predicted octanol–water partition coefficient (Wildman–Crippen LogP) is 6.02. The van der Waals surface area contributed by atoms with Gasteiger partial charge in [0.05, 0.1) is 32.3 Å². The molecule has 2 aromatic rings. The third-order valence-electron chi connectivity index (χ3n) is 2.08. The largest absolute Gasteiger partial charge is 0.378 e. The van der Waals surface area contributed by atoms with Crippen molar-refractivity contribution in [2.24, 2.45) is 0 Å². The Morgan fingerprint density at radius 1 is 1.06 bits per heavy atom. The molecular formula is C10H5Cl5N2S. The lowest BCUT2D eigenvalue weighted by Gasteiger charge is -2.11. The molecule has 0 aliphatic carbocycles. The molecule has 0 bridgehead atoms. The highest BCUT2D eigenvalue weighted by atomic mass is 35.5. The van der Waals surface area contributed by atoms with E-state index in [2.05, 4.69) is 10.3 Å². The Labute approximate surface area is 133 Å². The molecule has 0 saturated heterocycles. The van der Waals surface area contributed by atoms with Crippen LogP contribution in [0.25, 0.3) is 0 Å². The van der Waals surface area contributed by atoms with Crippen molar-refractivity contribution < 1.29 is 0 Å². The first-order valence-corrected chi connectivity index (χ1v) is 7.36. The Kier molecular flexibility index (Phi) is 4.86. The summed E-state index contributed by atoms with van der Waals surface area (Å²) in [6.45, 7) is 0.502. The molecule has 0 aliphatic rings. The summed E-state index contributed by atoms with van der Waals surface area (Å²) in [6, 6.07) is 1.54. The Morgan fingerprint density at radius 2 is 1.78 bits per heavy atom. The summed E-state index contributed by atoms with van der Waals surface area (Å²) < 4.78 is 0.484. The van der Waals surface area contributed by atoms with Crippen molar-refractivity contribution in [1.82, 2.24) is 4.98 Å². The summed E-state index contributed by atoms with van der Waals surface area (Å²) in [5, 5.41) is 4.38. The van der Waals surface area contributed by atoms with E-state index in [1.54, 1.807) is 12.3 Å². The first-order chi connectivity index (χ1) is 8.49. The summed E-state index contributed by atoms with van der Waals surface area (Å²) in [6.07, 6.45) is 1.68. The quantitative estimate of drug-likeness (QED) is 0.533. The van der Waals surface area contributed by atoms with Crippen LogP contribution in [0, 0.1) is 0 Å². The fourth-order valence-corrected chi connectivity index (χ4v) is 3.23. The minimum atomic E-state index is 0.271. The summed E-state index contributed by atoms with van der Waals surface area (Å²) in [4.78, 5) is 4.89. The Bertz CT molecular complexity index is 584. The number of nitrogens with one attached hydrogen (secondary N) is 1. The van der Waals surface area contributed by atoms with Gasteiger partial charge in [0.25, 0.3) is 0 Å². The first-order valence-electron chi connectivity index (χ1n) is 4.66. The molecule has 0 aliphatic heterocycles. The average Bonchev–Trinajstić information content (AvgIpc) is 2.72. The van der Waals surface area contributed by atoms with Crippen LogP contribution in [0.4, 0.5) is 5.69 Å². The van der Waals surface area contributed by atoms with E-state index in [1.807, 2.05) is 0 Å². The maximum atomic E-state index is 6.07. The number of thiazole rings is 1. The molecule has 1 N–H and O–H groups in total. The molecule has 2 rings (SSSR count). The van der Waals surface area contributed by atoms with Gasteiger partial charge in [-0.2, -0.15) is 0 Å². The molecule has 1 aromatic heterocycles. The van der Waals surface area contributed by atoms with Crippen LogP contribution in [0.15, 0.2) is 12.3 Å². The zero-order chi connectivity index (χ0) is 13.3. The molecule has 0 atom stereocenters. The maximum absolute atomic E-state index is 6.07. The van der Waals surface area contributed by atoms with Crippen molar-refractivity contribution in [3.8, 4) is 0 Å². The van der Waals surface area contributed by atoms with Crippen molar-refractivity contribution in [1.29, 1.82) is 0 Å². The summed E-state index contributed by atoms with van der Waals surface area (Å²) >= 11 is 31.0. The molecule has 18 heavy (non-hydrogen) atoms. The lowest BCUT2D eigenvalue weighted by atomic mass is 10.3. The van der Waals surface area contributed by atoms with Gasteiger partial charge in [0.15, 0.2) is 4.47 Å². The Balaban J connectivity index is 2.22. The van der Waals surface area contributed by atoms with Gasteiger partial charge in [-0.05, 0) is 6.07 Å². The van der Waals surface area contributed by atoms with Crippen LogP contribution in [0.2, 0.25) is 24.6 Å². The molecule has 8 heteroatoms. The molecule has 96 valence electrons. The van der Waals surface area contributed by atoms with E-state index in [0.717, 1.165) is 4.88 Å². The number of halogens is 5. The predicted molar refractivity (Wildman–Crippen MR) is 80.9 cm³/mol. The molecule has 1 heterocycles. The van der Waals surface area contributed by atoms with Crippen LogP contribution in [-0.2, 0) is 6.54 Å². The number of anilines is 1. The number of rotatable bonds is 3. The lowest BCUT2D eigenvalue weighted by Crippen LogP contribution is -1.99. The molecule has 0 spiro atoms. The fourth-order valence-electron chi connectivity index (χ4n) is 1.27. The van der Waals surface area contributed by atoms with Gasteiger partial charge >= 0.3 is 0 Å². The highest BCUT2D eigenvalue weighted by molar-refractivity contribution is 7.15. The van der Waals surface area contributed by atoms with Gasteiger partial charge in [0, 0.05) is 11.1 Å². The number of aromatic nitrogens is 1. The second kappa shape index (κ2) is 6.04. The Morgan fingerprint density at radius 3 is 2.39 bits per heavy atom. The minimum absolute atomic E-state index is 0.271. The summed E-state index contributed by atoms with van der Waals surface area (Å²) in [7, 11) is 0. The van der Waals surface area contributed by atoms with Crippen LogP contribution < -0.4 is 5.32 Å². The van der Waals surface area contributed by atoms with E-state index in [9.17, 15) is 0 Å². The lowest BCUT2D eigenvalue weighted by molar-refractivity contribution is 1.17. The molecular weight excluding hydrogens is 357 g/mol. The van der Waals surface area contributed by atoms with E-state index >= 15 is 0 Å². The van der Waals surface area contributed by atoms with E-state index in [1.165, 1.54) is 11.3 Å². The maximum Gasteiger partial charge on any atom is 0.183 e. The summed E-state index contributed by atoms with van der Waals surface area (Å²) in [5.74, 6) is 0. The minimum Gasteiger partial charge on any atom is -0.378 e. The smallest absolute Gasteiger partial charge is 0.183 e. The van der Waals surface area contributed by atoms with Gasteiger partial charge < -0.3 is 5.32 Å². The highest BCUT2D eigenvalue weighted by Crippen LogP contribution is 2.41. The van der Waals surface area contributed by atoms with Crippen molar-refractivity contribution in [2.45, 2.75) is 6.54 Å². The normalized spacial score (nSPS) is 10.7. The van der Waals surface area contributed by atoms with Gasteiger partial charge in [-0.15, -0.1) is 11.3 Å². The van der Waals surface area contributed by atoms with Gasteiger partial charge in [-0.25, -0.2) is 4.98 Å². The van der Waals surface area contributed by atoms with E-state index in [4.69, 9.17) is 58.0 Å². The van der Waals surface area contributed by atoms with Crippen molar-refractivity contribution in [2.75, 3.05) is 5.32 Å².